The number of amides is 2. The summed E-state index contributed by atoms with van der Waals surface area (Å²) in [6, 6.07) is 12.4. The lowest BCUT2D eigenvalue weighted by Gasteiger charge is -2.35. The van der Waals surface area contributed by atoms with Gasteiger partial charge in [-0.05, 0) is 48.1 Å². The average Bonchev–Trinajstić information content (AvgIpc) is 3.22. The largest absolute Gasteiger partial charge is 0.337 e. The minimum absolute atomic E-state index is 0.0597. The summed E-state index contributed by atoms with van der Waals surface area (Å²) >= 11 is 1.71. The zero-order valence-electron chi connectivity index (χ0n) is 16.1. The lowest BCUT2D eigenvalue weighted by Crippen LogP contribution is -2.40. The van der Waals surface area contributed by atoms with E-state index in [2.05, 4.69) is 28.5 Å². The molecule has 2 aromatic heterocycles. The van der Waals surface area contributed by atoms with E-state index in [0.29, 0.717) is 12.4 Å². The smallest absolute Gasteiger partial charge is 0.246 e. The van der Waals surface area contributed by atoms with Gasteiger partial charge in [-0.3, -0.25) is 9.59 Å². The highest BCUT2D eigenvalue weighted by molar-refractivity contribution is 7.19. The SMILES string of the molecule is CN(Cc1cc2ccccc2s1)C(=O)/C=C/c1cnc2c(c1)C1(CCC1)C(=O)N2. The molecule has 1 spiro atoms. The first-order valence-electron chi connectivity index (χ1n) is 9.78. The molecule has 1 fully saturated rings. The van der Waals surface area contributed by atoms with E-state index >= 15 is 0 Å². The maximum absolute atomic E-state index is 12.6. The van der Waals surface area contributed by atoms with E-state index in [1.807, 2.05) is 25.2 Å². The number of anilines is 1. The molecule has 0 saturated heterocycles. The number of carbonyl (C=O) groups excluding carboxylic acids is 2. The van der Waals surface area contributed by atoms with Gasteiger partial charge in [-0.1, -0.05) is 24.6 Å². The van der Waals surface area contributed by atoms with Crippen molar-refractivity contribution >= 4 is 45.1 Å². The van der Waals surface area contributed by atoms with Crippen LogP contribution in [0.25, 0.3) is 16.2 Å². The number of likely N-dealkylation sites (N-methyl/N-ethyl adjacent to an activating group) is 1. The summed E-state index contributed by atoms with van der Waals surface area (Å²) in [5.41, 5.74) is 1.42. The van der Waals surface area contributed by atoms with Crippen LogP contribution in [0.4, 0.5) is 5.82 Å². The van der Waals surface area contributed by atoms with Crippen LogP contribution in [0.5, 0.6) is 0 Å². The van der Waals surface area contributed by atoms with E-state index in [-0.39, 0.29) is 11.8 Å². The van der Waals surface area contributed by atoms with Gasteiger partial charge in [0.15, 0.2) is 0 Å². The number of benzene rings is 1. The molecule has 2 aliphatic rings. The quantitative estimate of drug-likeness (QED) is 0.659. The van der Waals surface area contributed by atoms with Gasteiger partial charge in [-0.25, -0.2) is 4.98 Å². The number of thiophene rings is 1. The Hall–Kier alpha value is -2.99. The lowest BCUT2D eigenvalue weighted by atomic mass is 9.65. The van der Waals surface area contributed by atoms with Crippen molar-refractivity contribution in [2.45, 2.75) is 31.2 Å². The predicted molar refractivity (Wildman–Crippen MR) is 116 cm³/mol. The minimum Gasteiger partial charge on any atom is -0.337 e. The summed E-state index contributed by atoms with van der Waals surface area (Å²) in [6.45, 7) is 0.576. The molecule has 3 heterocycles. The van der Waals surface area contributed by atoms with Crippen molar-refractivity contribution in [1.29, 1.82) is 0 Å². The van der Waals surface area contributed by atoms with Crippen LogP contribution < -0.4 is 5.32 Å². The second-order valence-electron chi connectivity index (χ2n) is 7.83. The van der Waals surface area contributed by atoms with E-state index in [1.54, 1.807) is 34.6 Å². The van der Waals surface area contributed by atoms with Crippen molar-refractivity contribution in [2.75, 3.05) is 12.4 Å². The third-order valence-electron chi connectivity index (χ3n) is 5.96. The molecular weight excluding hydrogens is 382 g/mol. The highest BCUT2D eigenvalue weighted by atomic mass is 32.1. The molecule has 5 rings (SSSR count). The summed E-state index contributed by atoms with van der Waals surface area (Å²) in [4.78, 5) is 32.1. The maximum Gasteiger partial charge on any atom is 0.246 e. The summed E-state index contributed by atoms with van der Waals surface area (Å²) in [5, 5.41) is 4.10. The summed E-state index contributed by atoms with van der Waals surface area (Å²) in [7, 11) is 1.81. The Labute approximate surface area is 173 Å². The Bertz CT molecular complexity index is 1130. The number of pyridine rings is 1. The second kappa shape index (κ2) is 6.81. The number of fused-ring (bicyclic) bond motifs is 3. The minimum atomic E-state index is -0.395. The summed E-state index contributed by atoms with van der Waals surface area (Å²) < 4.78 is 1.23. The zero-order chi connectivity index (χ0) is 20.0. The topological polar surface area (TPSA) is 62.3 Å². The van der Waals surface area contributed by atoms with Crippen LogP contribution in [-0.2, 0) is 21.5 Å². The monoisotopic (exact) mass is 403 g/mol. The summed E-state index contributed by atoms with van der Waals surface area (Å²) in [6.07, 6.45) is 7.87. The highest BCUT2D eigenvalue weighted by Gasteiger charge is 2.51. The van der Waals surface area contributed by atoms with Crippen LogP contribution in [0.1, 0.15) is 35.3 Å². The van der Waals surface area contributed by atoms with E-state index in [9.17, 15) is 9.59 Å². The molecule has 1 saturated carbocycles. The average molecular weight is 404 g/mol. The number of carbonyl (C=O) groups is 2. The molecule has 2 amide bonds. The molecule has 1 aliphatic carbocycles. The molecule has 29 heavy (non-hydrogen) atoms. The molecule has 5 nitrogen and oxygen atoms in total. The zero-order valence-corrected chi connectivity index (χ0v) is 17.0. The van der Waals surface area contributed by atoms with Crippen LogP contribution in [0, 0.1) is 0 Å². The van der Waals surface area contributed by atoms with Crippen molar-refractivity contribution in [3.63, 3.8) is 0 Å². The number of hydrogen-bond donors (Lipinski definition) is 1. The Balaban J connectivity index is 1.30. The van der Waals surface area contributed by atoms with Crippen molar-refractivity contribution in [3.8, 4) is 0 Å². The molecule has 0 unspecified atom stereocenters. The van der Waals surface area contributed by atoms with E-state index < -0.39 is 5.41 Å². The fourth-order valence-electron chi connectivity index (χ4n) is 4.13. The number of nitrogens with zero attached hydrogens (tertiary/aromatic N) is 2. The third kappa shape index (κ3) is 3.04. The predicted octanol–water partition coefficient (Wildman–Crippen LogP) is 4.34. The van der Waals surface area contributed by atoms with Gasteiger partial charge in [-0.15, -0.1) is 11.3 Å². The lowest BCUT2D eigenvalue weighted by molar-refractivity contribution is -0.125. The molecule has 3 aromatic rings. The van der Waals surface area contributed by atoms with Gasteiger partial charge in [0.1, 0.15) is 5.82 Å². The van der Waals surface area contributed by atoms with Crippen LogP contribution >= 0.6 is 11.3 Å². The fourth-order valence-corrected chi connectivity index (χ4v) is 5.25. The first kappa shape index (κ1) is 18.1. The highest BCUT2D eigenvalue weighted by Crippen LogP contribution is 2.50. The van der Waals surface area contributed by atoms with Crippen LogP contribution in [0.3, 0.4) is 0 Å². The maximum atomic E-state index is 12.6. The standard InChI is InChI=1S/C23H21N3O2S/c1-26(14-17-12-16-5-2-3-6-19(16)29-17)20(27)8-7-15-11-18-21(24-13-15)25-22(28)23(18)9-4-10-23/h2-3,5-8,11-13H,4,9-10,14H2,1H3,(H,24,25,28)/b8-7+. The van der Waals surface area contributed by atoms with Gasteiger partial charge in [-0.2, -0.15) is 0 Å². The van der Waals surface area contributed by atoms with Crippen molar-refractivity contribution in [3.05, 3.63) is 64.7 Å². The van der Waals surface area contributed by atoms with Crippen LogP contribution in [-0.4, -0.2) is 28.7 Å². The fraction of sp³-hybridized carbons (Fsp3) is 0.261. The Morgan fingerprint density at radius 3 is 2.90 bits per heavy atom. The number of nitrogens with one attached hydrogen (secondary N) is 1. The van der Waals surface area contributed by atoms with Crippen LogP contribution in [0.2, 0.25) is 0 Å². The molecule has 0 bridgehead atoms. The molecule has 0 atom stereocenters. The Kier molecular flexibility index (Phi) is 4.24. The molecule has 1 aliphatic heterocycles. The summed E-state index contributed by atoms with van der Waals surface area (Å²) in [5.74, 6) is 0.669. The van der Waals surface area contributed by atoms with E-state index in [1.165, 1.54) is 10.1 Å². The molecule has 146 valence electrons. The van der Waals surface area contributed by atoms with Crippen LogP contribution in [0.15, 0.2) is 48.7 Å². The van der Waals surface area contributed by atoms with Gasteiger partial charge in [0.25, 0.3) is 0 Å². The van der Waals surface area contributed by atoms with Crippen molar-refractivity contribution < 1.29 is 9.59 Å². The van der Waals surface area contributed by atoms with E-state index in [4.69, 9.17) is 0 Å². The number of hydrogen-bond acceptors (Lipinski definition) is 4. The number of rotatable bonds is 4. The Morgan fingerprint density at radius 1 is 1.31 bits per heavy atom. The normalized spacial score (nSPS) is 16.8. The molecule has 6 heteroatoms. The molecular formula is C23H21N3O2S. The number of aromatic nitrogens is 1. The first-order chi connectivity index (χ1) is 14.0. The Morgan fingerprint density at radius 2 is 2.14 bits per heavy atom. The van der Waals surface area contributed by atoms with Gasteiger partial charge < -0.3 is 10.2 Å². The molecule has 1 N–H and O–H groups in total. The first-order valence-corrected chi connectivity index (χ1v) is 10.6. The van der Waals surface area contributed by atoms with Gasteiger partial charge in [0, 0.05) is 34.5 Å². The van der Waals surface area contributed by atoms with Gasteiger partial charge in [0.05, 0.1) is 12.0 Å². The van der Waals surface area contributed by atoms with E-state index in [0.717, 1.165) is 35.3 Å². The van der Waals surface area contributed by atoms with Gasteiger partial charge in [0.2, 0.25) is 11.8 Å². The third-order valence-corrected chi connectivity index (χ3v) is 7.06. The van der Waals surface area contributed by atoms with Crippen molar-refractivity contribution in [2.24, 2.45) is 0 Å². The second-order valence-corrected chi connectivity index (χ2v) is 9.00. The molecule has 0 radical (unpaired) electrons. The molecule has 1 aromatic carbocycles. The van der Waals surface area contributed by atoms with Crippen molar-refractivity contribution in [1.82, 2.24) is 9.88 Å². The van der Waals surface area contributed by atoms with Gasteiger partial charge >= 0.3 is 0 Å².